The third-order valence-electron chi connectivity index (χ3n) is 4.14. The predicted molar refractivity (Wildman–Crippen MR) is 77.7 cm³/mol. The number of hydrogen-bond donors (Lipinski definition) is 0. The van der Waals surface area contributed by atoms with E-state index in [1.165, 1.54) is 5.56 Å². The minimum Gasteiger partial charge on any atom is -0.399 e. The number of benzene rings is 1. The maximum atomic E-state index is 6.11. The molecule has 1 aromatic rings. The largest absolute Gasteiger partial charge is 0.495 e. The molecule has 0 N–H and O–H groups in total. The zero-order valence-electron chi connectivity index (χ0n) is 12.5. The normalized spacial score (nSPS) is 20.8. The molecule has 1 fully saturated rings. The van der Waals surface area contributed by atoms with E-state index in [0.717, 1.165) is 11.9 Å². The van der Waals surface area contributed by atoms with E-state index in [9.17, 15) is 0 Å². The maximum Gasteiger partial charge on any atom is 0.495 e. The lowest BCUT2D eigenvalue weighted by Crippen LogP contribution is -2.41. The molecule has 1 aliphatic heterocycles. The van der Waals surface area contributed by atoms with Gasteiger partial charge in [0.05, 0.1) is 17.8 Å². The summed E-state index contributed by atoms with van der Waals surface area (Å²) in [5.74, 6) is 0. The van der Waals surface area contributed by atoms with Crippen LogP contribution < -0.4 is 5.46 Å². The molecule has 1 heterocycles. The second-order valence-corrected chi connectivity index (χ2v) is 6.03. The number of rotatable bonds is 4. The first-order chi connectivity index (χ1) is 8.87. The van der Waals surface area contributed by atoms with E-state index >= 15 is 0 Å². The third-order valence-corrected chi connectivity index (χ3v) is 4.14. The summed E-state index contributed by atoms with van der Waals surface area (Å²) in [6, 6.07) is 8.25. The van der Waals surface area contributed by atoms with Crippen LogP contribution in [0.2, 0.25) is 0 Å². The van der Waals surface area contributed by atoms with Gasteiger partial charge in [-0.15, -0.1) is 0 Å². The molecule has 1 saturated heterocycles. The van der Waals surface area contributed by atoms with Crippen LogP contribution in [0.3, 0.4) is 0 Å². The smallest absolute Gasteiger partial charge is 0.399 e. The summed E-state index contributed by atoms with van der Waals surface area (Å²) in [6.45, 7) is 9.00. The van der Waals surface area contributed by atoms with Crippen molar-refractivity contribution < 1.29 is 14.0 Å². The highest BCUT2D eigenvalue weighted by Gasteiger charge is 2.52. The molecule has 4 heteroatoms. The second kappa shape index (κ2) is 5.27. The Kier molecular flexibility index (Phi) is 4.04. The maximum absolute atomic E-state index is 6.11. The minimum atomic E-state index is -0.300. The van der Waals surface area contributed by atoms with Gasteiger partial charge >= 0.3 is 7.12 Å². The van der Waals surface area contributed by atoms with Gasteiger partial charge in [-0.2, -0.15) is 0 Å². The molecule has 2 rings (SSSR count). The van der Waals surface area contributed by atoms with Crippen LogP contribution in [0.15, 0.2) is 24.3 Å². The summed E-state index contributed by atoms with van der Waals surface area (Å²) in [7, 11) is 1.43. The van der Waals surface area contributed by atoms with Crippen molar-refractivity contribution in [2.45, 2.75) is 45.3 Å². The van der Waals surface area contributed by atoms with Gasteiger partial charge in [0.25, 0.3) is 0 Å². The van der Waals surface area contributed by atoms with Crippen molar-refractivity contribution in [2.75, 3.05) is 13.7 Å². The number of hydrogen-bond acceptors (Lipinski definition) is 3. The lowest BCUT2D eigenvalue weighted by Gasteiger charge is -2.32. The molecule has 0 saturated carbocycles. The summed E-state index contributed by atoms with van der Waals surface area (Å²) in [4.78, 5) is 0. The lowest BCUT2D eigenvalue weighted by molar-refractivity contribution is 0.00578. The average molecular weight is 262 g/mol. The Morgan fingerprint density at radius 2 is 1.63 bits per heavy atom. The molecule has 0 spiro atoms. The zero-order chi connectivity index (χ0) is 14.1. The van der Waals surface area contributed by atoms with Gasteiger partial charge in [-0.1, -0.05) is 24.3 Å². The van der Waals surface area contributed by atoms with Gasteiger partial charge in [0.1, 0.15) is 0 Å². The monoisotopic (exact) mass is 262 g/mol. The van der Waals surface area contributed by atoms with Crippen LogP contribution in [0.4, 0.5) is 0 Å². The van der Waals surface area contributed by atoms with Gasteiger partial charge in [0.15, 0.2) is 0 Å². The predicted octanol–water partition coefficient (Wildman–Crippen LogP) is 2.17. The van der Waals surface area contributed by atoms with Crippen LogP contribution in [0, 0.1) is 0 Å². The Balaban J connectivity index is 2.24. The summed E-state index contributed by atoms with van der Waals surface area (Å²) in [6.07, 6.45) is 0.872. The molecule has 0 aliphatic carbocycles. The van der Waals surface area contributed by atoms with Gasteiger partial charge in [-0.05, 0) is 45.1 Å². The van der Waals surface area contributed by atoms with E-state index in [1.807, 2.05) is 12.1 Å². The van der Waals surface area contributed by atoms with Crippen molar-refractivity contribution in [3.05, 3.63) is 29.8 Å². The van der Waals surface area contributed by atoms with Crippen molar-refractivity contribution in [1.29, 1.82) is 0 Å². The molecule has 0 bridgehead atoms. The lowest BCUT2D eigenvalue weighted by atomic mass is 9.75. The van der Waals surface area contributed by atoms with Crippen LogP contribution >= 0.6 is 0 Å². The van der Waals surface area contributed by atoms with Gasteiger partial charge in [-0.25, -0.2) is 0 Å². The van der Waals surface area contributed by atoms with Crippen molar-refractivity contribution in [3.63, 3.8) is 0 Å². The Morgan fingerprint density at radius 3 is 2.21 bits per heavy atom. The summed E-state index contributed by atoms with van der Waals surface area (Å²) < 4.78 is 17.4. The van der Waals surface area contributed by atoms with E-state index < -0.39 is 0 Å². The molecule has 0 unspecified atom stereocenters. The average Bonchev–Trinajstić information content (AvgIpc) is 2.56. The van der Waals surface area contributed by atoms with E-state index in [2.05, 4.69) is 39.8 Å². The van der Waals surface area contributed by atoms with Gasteiger partial charge in [0, 0.05) is 7.11 Å². The fourth-order valence-corrected chi connectivity index (χ4v) is 2.17. The fraction of sp³-hybridized carbons (Fsp3) is 0.600. The van der Waals surface area contributed by atoms with Crippen molar-refractivity contribution in [1.82, 2.24) is 0 Å². The van der Waals surface area contributed by atoms with E-state index in [4.69, 9.17) is 14.0 Å². The Labute approximate surface area is 116 Å². The quantitative estimate of drug-likeness (QED) is 0.778. The highest BCUT2D eigenvalue weighted by Crippen LogP contribution is 2.36. The SMILES string of the molecule is COCCc1ccccc1B1OC(C)(C)C(C)(C)O1. The highest BCUT2D eigenvalue weighted by atomic mass is 16.7. The first-order valence-electron chi connectivity index (χ1n) is 6.80. The molecule has 1 aromatic carbocycles. The topological polar surface area (TPSA) is 27.7 Å². The zero-order valence-corrected chi connectivity index (χ0v) is 12.5. The Morgan fingerprint density at radius 1 is 1.05 bits per heavy atom. The fourth-order valence-electron chi connectivity index (χ4n) is 2.17. The van der Waals surface area contributed by atoms with Crippen LogP contribution in [0.1, 0.15) is 33.3 Å². The van der Waals surface area contributed by atoms with Crippen LogP contribution in [0.5, 0.6) is 0 Å². The van der Waals surface area contributed by atoms with Crippen LogP contribution in [-0.2, 0) is 20.5 Å². The highest BCUT2D eigenvalue weighted by molar-refractivity contribution is 6.62. The van der Waals surface area contributed by atoms with Gasteiger partial charge in [-0.3, -0.25) is 0 Å². The molecule has 19 heavy (non-hydrogen) atoms. The third kappa shape index (κ3) is 2.86. The van der Waals surface area contributed by atoms with Crippen LogP contribution in [0.25, 0.3) is 0 Å². The van der Waals surface area contributed by atoms with E-state index in [-0.39, 0.29) is 18.3 Å². The van der Waals surface area contributed by atoms with Crippen LogP contribution in [-0.4, -0.2) is 32.0 Å². The van der Waals surface area contributed by atoms with E-state index in [1.54, 1.807) is 7.11 Å². The van der Waals surface area contributed by atoms with Gasteiger partial charge in [0.2, 0.25) is 0 Å². The summed E-state index contributed by atoms with van der Waals surface area (Å²) in [5.41, 5.74) is 1.74. The first-order valence-corrected chi connectivity index (χ1v) is 6.80. The molecular weight excluding hydrogens is 239 g/mol. The molecule has 0 atom stereocenters. The second-order valence-electron chi connectivity index (χ2n) is 6.03. The Bertz CT molecular complexity index is 427. The van der Waals surface area contributed by atoms with Gasteiger partial charge < -0.3 is 14.0 Å². The van der Waals surface area contributed by atoms with E-state index in [0.29, 0.717) is 6.61 Å². The standard InChI is InChI=1S/C15H23BO3/c1-14(2)15(3,4)19-16(18-14)13-9-7-6-8-12(13)10-11-17-5/h6-9H,10-11H2,1-5H3. The molecular formula is C15H23BO3. The summed E-state index contributed by atoms with van der Waals surface area (Å²) in [5, 5.41) is 0. The molecule has 104 valence electrons. The molecule has 0 aromatic heterocycles. The molecule has 0 amide bonds. The minimum absolute atomic E-state index is 0.293. The number of ether oxygens (including phenoxy) is 1. The van der Waals surface area contributed by atoms with Crippen molar-refractivity contribution >= 4 is 12.6 Å². The molecule has 3 nitrogen and oxygen atoms in total. The Hall–Kier alpha value is -0.835. The summed E-state index contributed by atoms with van der Waals surface area (Å²) >= 11 is 0. The van der Waals surface area contributed by atoms with Crippen molar-refractivity contribution in [3.8, 4) is 0 Å². The molecule has 1 aliphatic rings. The number of methoxy groups -OCH3 is 1. The first kappa shape index (κ1) is 14.6. The molecule has 0 radical (unpaired) electrons. The van der Waals surface area contributed by atoms with Crippen molar-refractivity contribution in [2.24, 2.45) is 0 Å².